The number of carboxylic acid groups (broad SMARTS) is 1. The number of carbonyl (C=O) groups is 1. The van der Waals surface area contributed by atoms with E-state index in [1.807, 2.05) is 32.0 Å². The molecule has 1 saturated heterocycles. The van der Waals surface area contributed by atoms with E-state index in [2.05, 4.69) is 9.88 Å². The van der Waals surface area contributed by atoms with E-state index in [1.165, 1.54) is 11.3 Å². The summed E-state index contributed by atoms with van der Waals surface area (Å²) in [6, 6.07) is 7.65. The van der Waals surface area contributed by atoms with Gasteiger partial charge in [-0.3, -0.25) is 19.2 Å². The molecule has 1 unspecified atom stereocenters. The van der Waals surface area contributed by atoms with Gasteiger partial charge in [-0.25, -0.2) is 9.78 Å². The molecule has 226 valence electrons. The Hall–Kier alpha value is -3.31. The zero-order chi connectivity index (χ0) is 30.2. The summed E-state index contributed by atoms with van der Waals surface area (Å²) < 4.78 is 14.3. The summed E-state index contributed by atoms with van der Waals surface area (Å²) in [5.74, 6) is 0.270. The Balaban J connectivity index is 1.23. The lowest BCUT2D eigenvalue weighted by Crippen LogP contribution is -2.47. The number of aryl methyl sites for hydroxylation is 3. The van der Waals surface area contributed by atoms with Crippen LogP contribution >= 0.6 is 22.9 Å². The Morgan fingerprint density at radius 1 is 1.14 bits per heavy atom. The lowest BCUT2D eigenvalue weighted by Gasteiger charge is -2.39. The number of pyridine rings is 1. The highest BCUT2D eigenvalue weighted by Crippen LogP contribution is 2.40. The molecule has 43 heavy (non-hydrogen) atoms. The summed E-state index contributed by atoms with van der Waals surface area (Å²) in [6.45, 7) is 6.31. The van der Waals surface area contributed by atoms with Crippen molar-refractivity contribution in [3.8, 4) is 16.9 Å². The Morgan fingerprint density at radius 2 is 1.93 bits per heavy atom. The molecule has 6 rings (SSSR count). The van der Waals surface area contributed by atoms with E-state index >= 15 is 0 Å². The molecule has 1 fully saturated rings. The average Bonchev–Trinajstić information content (AvgIpc) is 3.43. The van der Waals surface area contributed by atoms with E-state index in [-0.39, 0.29) is 17.7 Å². The van der Waals surface area contributed by atoms with Crippen LogP contribution in [0.1, 0.15) is 52.4 Å². The molecule has 1 aliphatic heterocycles. The number of aromatic nitrogens is 3. The number of hydrogen-bond donors (Lipinski definition) is 1. The van der Waals surface area contributed by atoms with Gasteiger partial charge in [0.25, 0.3) is 5.56 Å². The van der Waals surface area contributed by atoms with Gasteiger partial charge < -0.3 is 14.6 Å². The first-order valence-corrected chi connectivity index (χ1v) is 15.9. The summed E-state index contributed by atoms with van der Waals surface area (Å²) in [4.78, 5) is 37.4. The number of likely N-dealkylation sites (tertiary alicyclic amines) is 1. The fourth-order valence-electron chi connectivity index (χ4n) is 6.44. The van der Waals surface area contributed by atoms with E-state index in [0.29, 0.717) is 46.5 Å². The predicted molar refractivity (Wildman–Crippen MR) is 168 cm³/mol. The van der Waals surface area contributed by atoms with Crippen molar-refractivity contribution in [3.63, 3.8) is 0 Å². The average molecular weight is 623 g/mol. The van der Waals surface area contributed by atoms with E-state index in [0.717, 1.165) is 72.3 Å². The maximum atomic E-state index is 13.7. The van der Waals surface area contributed by atoms with Gasteiger partial charge in [-0.2, -0.15) is 0 Å². The van der Waals surface area contributed by atoms with Gasteiger partial charge in [0.05, 0.1) is 34.1 Å². The number of hydrogen-bond acceptors (Lipinski definition) is 8. The second kappa shape index (κ2) is 12.4. The van der Waals surface area contributed by atoms with Crippen LogP contribution in [-0.2, 0) is 24.1 Å². The monoisotopic (exact) mass is 622 g/mol. The standard InChI is InChI=1S/C32H35ClN4O5S/c1-18-14-24(30-29(34-18)26(17-43-30)32(39)40)23-15-20(33)4-7-28(23)42-13-12-37-19(2)35-27-6-5-21(16-25(27)31(37)38)36-10-8-22(41-3)9-11-36/h4,7,14-15,17,21-22H,5-6,8-13,16H2,1-3H3,(H,39,40). The van der Waals surface area contributed by atoms with Gasteiger partial charge in [-0.05, 0) is 70.2 Å². The summed E-state index contributed by atoms with van der Waals surface area (Å²) >= 11 is 7.74. The minimum absolute atomic E-state index is 0.0187. The SMILES string of the molecule is COC1CCN(C2CCc3nc(C)n(CCOc4ccc(Cl)cc4-c4cc(C)nc5c(C(=O)O)csc45)c(=O)c3C2)CC1. The number of methoxy groups -OCH3 is 1. The summed E-state index contributed by atoms with van der Waals surface area (Å²) in [5, 5.41) is 11.8. The minimum atomic E-state index is -1.01. The first-order chi connectivity index (χ1) is 20.7. The van der Waals surface area contributed by atoms with E-state index in [9.17, 15) is 14.7 Å². The molecule has 11 heteroatoms. The van der Waals surface area contributed by atoms with Crippen LogP contribution in [0.5, 0.6) is 5.75 Å². The molecule has 1 aliphatic carbocycles. The second-order valence-corrected chi connectivity index (χ2v) is 12.7. The Kier molecular flexibility index (Phi) is 8.55. The summed E-state index contributed by atoms with van der Waals surface area (Å²) in [5.41, 5.74) is 4.63. The minimum Gasteiger partial charge on any atom is -0.491 e. The van der Waals surface area contributed by atoms with Crippen LogP contribution in [0.15, 0.2) is 34.4 Å². The van der Waals surface area contributed by atoms with Crippen LogP contribution in [0, 0.1) is 13.8 Å². The number of ether oxygens (including phenoxy) is 2. The van der Waals surface area contributed by atoms with Crippen molar-refractivity contribution in [1.29, 1.82) is 0 Å². The molecule has 0 bridgehead atoms. The molecule has 3 aromatic heterocycles. The largest absolute Gasteiger partial charge is 0.491 e. The quantitative estimate of drug-likeness (QED) is 0.273. The van der Waals surface area contributed by atoms with Crippen molar-refractivity contribution < 1.29 is 19.4 Å². The van der Waals surface area contributed by atoms with Crippen molar-refractivity contribution in [2.75, 3.05) is 26.8 Å². The highest BCUT2D eigenvalue weighted by atomic mass is 35.5. The Labute approximate surface area is 259 Å². The lowest BCUT2D eigenvalue weighted by atomic mass is 9.90. The van der Waals surface area contributed by atoms with Crippen molar-refractivity contribution in [3.05, 3.63) is 73.4 Å². The van der Waals surface area contributed by atoms with Crippen molar-refractivity contribution in [1.82, 2.24) is 19.4 Å². The number of halogens is 1. The Morgan fingerprint density at radius 3 is 2.67 bits per heavy atom. The molecule has 0 spiro atoms. The highest BCUT2D eigenvalue weighted by molar-refractivity contribution is 7.18. The van der Waals surface area contributed by atoms with Crippen LogP contribution in [-0.4, -0.2) is 69.5 Å². The first kappa shape index (κ1) is 29.7. The molecular formula is C32H35ClN4O5S. The third kappa shape index (κ3) is 5.93. The molecule has 1 N–H and O–H groups in total. The topological polar surface area (TPSA) is 107 Å². The number of benzene rings is 1. The van der Waals surface area contributed by atoms with Gasteiger partial charge in [0.2, 0.25) is 0 Å². The second-order valence-electron chi connectivity index (χ2n) is 11.3. The molecule has 0 amide bonds. The number of carboxylic acids is 1. The van der Waals surface area contributed by atoms with E-state index in [4.69, 9.17) is 26.1 Å². The van der Waals surface area contributed by atoms with Gasteiger partial charge in [0, 0.05) is 59.0 Å². The van der Waals surface area contributed by atoms with Crippen LogP contribution in [0.25, 0.3) is 21.3 Å². The molecule has 2 aliphatic rings. The lowest BCUT2D eigenvalue weighted by molar-refractivity contribution is 0.0248. The molecule has 0 saturated carbocycles. The maximum absolute atomic E-state index is 13.7. The van der Waals surface area contributed by atoms with Crippen molar-refractivity contribution in [2.45, 2.75) is 64.6 Å². The van der Waals surface area contributed by atoms with E-state index in [1.54, 1.807) is 23.1 Å². The van der Waals surface area contributed by atoms with Crippen molar-refractivity contribution in [2.24, 2.45) is 0 Å². The fourth-order valence-corrected chi connectivity index (χ4v) is 7.62. The summed E-state index contributed by atoms with van der Waals surface area (Å²) in [6.07, 6.45) is 4.94. The van der Waals surface area contributed by atoms with Crippen molar-refractivity contribution >= 4 is 39.1 Å². The molecule has 1 atom stereocenters. The molecule has 1 aromatic carbocycles. The fraction of sp³-hybridized carbons (Fsp3) is 0.438. The molecule has 9 nitrogen and oxygen atoms in total. The van der Waals surface area contributed by atoms with Crippen LogP contribution in [0.3, 0.4) is 0 Å². The molecule has 4 aromatic rings. The predicted octanol–water partition coefficient (Wildman–Crippen LogP) is 5.54. The highest BCUT2D eigenvalue weighted by Gasteiger charge is 2.30. The smallest absolute Gasteiger partial charge is 0.338 e. The number of aromatic carboxylic acids is 1. The van der Waals surface area contributed by atoms with Gasteiger partial charge in [0.1, 0.15) is 18.2 Å². The zero-order valence-corrected chi connectivity index (χ0v) is 26.1. The molecule has 0 radical (unpaired) electrons. The number of piperidine rings is 1. The Bertz CT molecular complexity index is 1740. The molecule has 4 heterocycles. The number of rotatable bonds is 8. The van der Waals surface area contributed by atoms with Crippen LogP contribution < -0.4 is 10.3 Å². The number of nitrogens with zero attached hydrogens (tertiary/aromatic N) is 4. The maximum Gasteiger partial charge on any atom is 0.338 e. The third-order valence-electron chi connectivity index (χ3n) is 8.70. The third-order valence-corrected chi connectivity index (χ3v) is 9.94. The van der Waals surface area contributed by atoms with Gasteiger partial charge in [0.15, 0.2) is 0 Å². The number of fused-ring (bicyclic) bond motifs is 2. The van der Waals surface area contributed by atoms with Gasteiger partial charge in [-0.1, -0.05) is 11.6 Å². The number of thiophene rings is 1. The van der Waals surface area contributed by atoms with Gasteiger partial charge in [-0.15, -0.1) is 11.3 Å². The van der Waals surface area contributed by atoms with Crippen LogP contribution in [0.2, 0.25) is 5.02 Å². The van der Waals surface area contributed by atoms with Crippen LogP contribution in [0.4, 0.5) is 0 Å². The zero-order valence-electron chi connectivity index (χ0n) is 24.6. The molecular weight excluding hydrogens is 588 g/mol. The normalized spacial score (nSPS) is 17.7. The first-order valence-electron chi connectivity index (χ1n) is 14.6. The van der Waals surface area contributed by atoms with Gasteiger partial charge >= 0.3 is 5.97 Å². The summed E-state index contributed by atoms with van der Waals surface area (Å²) in [7, 11) is 1.78. The van der Waals surface area contributed by atoms with E-state index < -0.39 is 5.97 Å².